The molecule has 4 atom stereocenters. The highest BCUT2D eigenvalue weighted by Gasteiger charge is 2.63. The van der Waals surface area contributed by atoms with E-state index < -0.39 is 0 Å². The molecule has 0 heterocycles. The van der Waals surface area contributed by atoms with Gasteiger partial charge in [-0.2, -0.15) is 0 Å². The van der Waals surface area contributed by atoms with E-state index >= 15 is 0 Å². The molecule has 4 rings (SSSR count). The third-order valence-corrected chi connectivity index (χ3v) is 7.56. The zero-order valence-corrected chi connectivity index (χ0v) is 13.0. The van der Waals surface area contributed by atoms with Gasteiger partial charge < -0.3 is 4.74 Å². The van der Waals surface area contributed by atoms with Crippen LogP contribution in [0.2, 0.25) is 0 Å². The third-order valence-electron chi connectivity index (χ3n) is 7.56. The van der Waals surface area contributed by atoms with Crippen molar-refractivity contribution in [2.75, 3.05) is 0 Å². The van der Waals surface area contributed by atoms with Gasteiger partial charge in [-0.3, -0.25) is 4.79 Å². The van der Waals surface area contributed by atoms with Crippen LogP contribution in [0.5, 0.6) is 0 Å². The van der Waals surface area contributed by atoms with Crippen molar-refractivity contribution in [2.45, 2.75) is 65.7 Å². The van der Waals surface area contributed by atoms with Crippen LogP contribution in [0.25, 0.3) is 0 Å². The van der Waals surface area contributed by atoms with Gasteiger partial charge in [0.2, 0.25) is 0 Å². The first-order valence-corrected chi connectivity index (χ1v) is 8.34. The van der Waals surface area contributed by atoms with Gasteiger partial charge >= 0.3 is 5.97 Å². The highest BCUT2D eigenvalue weighted by molar-refractivity contribution is 5.76. The molecular weight excluding hydrogens is 248 g/mol. The molecule has 3 fully saturated rings. The molecule has 3 saturated carbocycles. The minimum absolute atomic E-state index is 0.0813. The van der Waals surface area contributed by atoms with Gasteiger partial charge in [0.25, 0.3) is 0 Å². The first-order chi connectivity index (χ1) is 9.42. The van der Waals surface area contributed by atoms with E-state index in [4.69, 9.17) is 4.74 Å². The molecule has 2 heteroatoms. The smallest absolute Gasteiger partial charge is 0.314 e. The average molecular weight is 274 g/mol. The highest BCUT2D eigenvalue weighted by atomic mass is 16.5. The second-order valence-electron chi connectivity index (χ2n) is 8.42. The molecular formula is C18H26O2. The van der Waals surface area contributed by atoms with Crippen molar-refractivity contribution >= 4 is 5.97 Å². The number of fused-ring (bicyclic) bond motifs is 4. The van der Waals surface area contributed by atoms with E-state index in [1.54, 1.807) is 0 Å². The number of esters is 1. The van der Waals surface area contributed by atoms with Gasteiger partial charge in [0.05, 0.1) is 5.92 Å². The summed E-state index contributed by atoms with van der Waals surface area (Å²) in [6.45, 7) is 7.04. The first kappa shape index (κ1) is 12.9. The molecule has 110 valence electrons. The highest BCUT2D eigenvalue weighted by Crippen LogP contribution is 2.68. The van der Waals surface area contributed by atoms with Gasteiger partial charge in [0.1, 0.15) is 5.76 Å². The van der Waals surface area contributed by atoms with Crippen LogP contribution in [0.4, 0.5) is 0 Å². The fraction of sp³-hybridized carbons (Fsp3) is 0.833. The lowest BCUT2D eigenvalue weighted by Gasteiger charge is -2.38. The number of hydrogen-bond donors (Lipinski definition) is 0. The van der Waals surface area contributed by atoms with Crippen LogP contribution in [-0.4, -0.2) is 5.97 Å². The average Bonchev–Trinajstić information content (AvgIpc) is 3.09. The fourth-order valence-electron chi connectivity index (χ4n) is 5.63. The van der Waals surface area contributed by atoms with Crippen molar-refractivity contribution in [3.05, 3.63) is 11.3 Å². The largest absolute Gasteiger partial charge is 0.431 e. The Hall–Kier alpha value is -0.790. The summed E-state index contributed by atoms with van der Waals surface area (Å²) < 4.78 is 5.88. The van der Waals surface area contributed by atoms with Crippen LogP contribution in [0.1, 0.15) is 65.7 Å². The van der Waals surface area contributed by atoms with E-state index in [1.165, 1.54) is 37.7 Å². The number of ether oxygens (including phenoxy) is 1. The van der Waals surface area contributed by atoms with Gasteiger partial charge in [-0.25, -0.2) is 0 Å². The quantitative estimate of drug-likeness (QED) is 0.695. The SMILES string of the molecule is CC1(C)[C@@H]2CC[C@]1(C)C(C(=O)OC1=C3CCC(C3)C1)C2. The minimum Gasteiger partial charge on any atom is -0.431 e. The molecule has 0 aromatic rings. The Kier molecular flexibility index (Phi) is 2.52. The monoisotopic (exact) mass is 274 g/mol. The number of rotatable bonds is 2. The Labute approximate surface area is 122 Å². The maximum atomic E-state index is 12.7. The molecule has 4 aliphatic rings. The lowest BCUT2D eigenvalue weighted by molar-refractivity contribution is -0.150. The number of hydrogen-bond acceptors (Lipinski definition) is 2. The molecule has 0 radical (unpaired) electrons. The number of carbonyl (C=O) groups excluding carboxylic acids is 1. The lowest BCUT2D eigenvalue weighted by atomic mass is 9.67. The topological polar surface area (TPSA) is 26.3 Å². The molecule has 0 aromatic carbocycles. The summed E-state index contributed by atoms with van der Waals surface area (Å²) in [6.07, 6.45) is 8.24. The van der Waals surface area contributed by atoms with Gasteiger partial charge in [-0.05, 0) is 66.8 Å². The Morgan fingerprint density at radius 1 is 1.20 bits per heavy atom. The first-order valence-electron chi connectivity index (χ1n) is 8.34. The summed E-state index contributed by atoms with van der Waals surface area (Å²) in [5.41, 5.74) is 1.89. The van der Waals surface area contributed by atoms with Crippen LogP contribution >= 0.6 is 0 Å². The Morgan fingerprint density at radius 2 is 2.00 bits per heavy atom. The summed E-state index contributed by atoms with van der Waals surface area (Å²) in [5, 5.41) is 0. The zero-order chi connectivity index (χ0) is 14.1. The van der Waals surface area contributed by atoms with E-state index in [2.05, 4.69) is 20.8 Å². The van der Waals surface area contributed by atoms with E-state index in [-0.39, 0.29) is 17.3 Å². The van der Waals surface area contributed by atoms with Crippen LogP contribution in [0, 0.1) is 28.6 Å². The Balaban J connectivity index is 1.53. The maximum absolute atomic E-state index is 12.7. The standard InChI is InChI=1S/C18H26O2/c1-17(2)13-6-7-18(17,3)14(10-13)16(19)20-15-9-11-4-5-12(15)8-11/h11,13-14H,4-10H2,1-3H3/t11?,13-,14?,18-/m1/s1. The van der Waals surface area contributed by atoms with Crippen molar-refractivity contribution in [2.24, 2.45) is 28.6 Å². The molecule has 0 N–H and O–H groups in total. The van der Waals surface area contributed by atoms with E-state index in [0.29, 0.717) is 11.3 Å². The van der Waals surface area contributed by atoms with Crippen LogP contribution in [0.3, 0.4) is 0 Å². The fourth-order valence-corrected chi connectivity index (χ4v) is 5.63. The maximum Gasteiger partial charge on any atom is 0.314 e. The summed E-state index contributed by atoms with van der Waals surface area (Å²) in [5.74, 6) is 2.75. The van der Waals surface area contributed by atoms with E-state index in [0.717, 1.165) is 24.5 Å². The van der Waals surface area contributed by atoms with Crippen molar-refractivity contribution in [3.63, 3.8) is 0 Å². The van der Waals surface area contributed by atoms with Crippen molar-refractivity contribution < 1.29 is 9.53 Å². The Bertz CT molecular complexity index is 502. The van der Waals surface area contributed by atoms with Crippen molar-refractivity contribution in [3.8, 4) is 0 Å². The molecule has 2 nitrogen and oxygen atoms in total. The summed E-state index contributed by atoms with van der Waals surface area (Å²) >= 11 is 0. The third kappa shape index (κ3) is 1.48. The summed E-state index contributed by atoms with van der Waals surface area (Å²) in [7, 11) is 0. The molecule has 4 bridgehead atoms. The van der Waals surface area contributed by atoms with Crippen molar-refractivity contribution in [1.82, 2.24) is 0 Å². The normalized spacial score (nSPS) is 44.5. The van der Waals surface area contributed by atoms with Gasteiger partial charge in [-0.1, -0.05) is 20.8 Å². The molecule has 0 saturated heterocycles. The predicted molar refractivity (Wildman–Crippen MR) is 77.8 cm³/mol. The van der Waals surface area contributed by atoms with Gasteiger partial charge in [-0.15, -0.1) is 0 Å². The molecule has 0 amide bonds. The van der Waals surface area contributed by atoms with E-state index in [9.17, 15) is 4.79 Å². The van der Waals surface area contributed by atoms with Crippen LogP contribution in [-0.2, 0) is 9.53 Å². The second kappa shape index (κ2) is 3.90. The molecule has 0 spiro atoms. The minimum atomic E-state index is 0.0813. The number of carbonyl (C=O) groups is 1. The second-order valence-corrected chi connectivity index (χ2v) is 8.42. The summed E-state index contributed by atoms with van der Waals surface area (Å²) in [4.78, 5) is 12.7. The van der Waals surface area contributed by atoms with Crippen molar-refractivity contribution in [1.29, 1.82) is 0 Å². The predicted octanol–water partition coefficient (Wildman–Crippen LogP) is 4.45. The molecule has 0 aromatic heterocycles. The lowest BCUT2D eigenvalue weighted by Crippen LogP contribution is -2.37. The molecule has 4 aliphatic carbocycles. The molecule has 2 unspecified atom stereocenters. The van der Waals surface area contributed by atoms with Gasteiger partial charge in [0.15, 0.2) is 0 Å². The van der Waals surface area contributed by atoms with Gasteiger partial charge in [0, 0.05) is 6.42 Å². The molecule has 0 aliphatic heterocycles. The van der Waals surface area contributed by atoms with Crippen LogP contribution in [0.15, 0.2) is 11.3 Å². The molecule has 20 heavy (non-hydrogen) atoms. The van der Waals surface area contributed by atoms with E-state index in [1.807, 2.05) is 0 Å². The summed E-state index contributed by atoms with van der Waals surface area (Å²) in [6, 6.07) is 0. The zero-order valence-electron chi connectivity index (χ0n) is 13.0. The Morgan fingerprint density at radius 3 is 2.50 bits per heavy atom. The van der Waals surface area contributed by atoms with Crippen LogP contribution < -0.4 is 0 Å². The number of allylic oxidation sites excluding steroid dienone is 2.